The molecular formula is C18H26N4O. The van der Waals surface area contributed by atoms with Crippen LogP contribution in [0.15, 0.2) is 24.5 Å². The number of pyridine rings is 1. The normalized spacial score (nSPS) is 30.3. The molecule has 1 unspecified atom stereocenters. The van der Waals surface area contributed by atoms with E-state index in [4.69, 9.17) is 5.73 Å². The number of rotatable bonds is 3. The molecule has 1 aliphatic carbocycles. The van der Waals surface area contributed by atoms with Gasteiger partial charge < -0.3 is 15.8 Å². The largest absolute Gasteiger partial charge is 0.391 e. The maximum absolute atomic E-state index is 10.3. The number of aliphatic hydroxyl groups is 1. The number of aromatic amines is 1. The van der Waals surface area contributed by atoms with Crippen molar-refractivity contribution in [2.75, 3.05) is 19.6 Å². The first kappa shape index (κ1) is 15.1. The van der Waals surface area contributed by atoms with Gasteiger partial charge in [0.1, 0.15) is 0 Å². The molecule has 124 valence electrons. The van der Waals surface area contributed by atoms with Gasteiger partial charge in [0, 0.05) is 18.4 Å². The molecule has 0 spiro atoms. The number of H-pyrrole nitrogens is 1. The molecule has 1 saturated heterocycles. The fourth-order valence-electron chi connectivity index (χ4n) is 4.51. The molecule has 5 nitrogen and oxygen atoms in total. The van der Waals surface area contributed by atoms with Crippen LogP contribution in [0.3, 0.4) is 0 Å². The number of hydrogen-bond acceptors (Lipinski definition) is 4. The lowest BCUT2D eigenvalue weighted by molar-refractivity contribution is 0.0553. The molecule has 1 aliphatic heterocycles. The van der Waals surface area contributed by atoms with Gasteiger partial charge in [-0.15, -0.1) is 0 Å². The summed E-state index contributed by atoms with van der Waals surface area (Å²) in [6, 6.07) is 4.37. The Labute approximate surface area is 136 Å². The minimum Gasteiger partial charge on any atom is -0.391 e. The molecule has 3 atom stereocenters. The maximum atomic E-state index is 10.3. The standard InChI is InChI=1S/C18H26N4O/c19-10-12-8-16(17(23)9-12)22-6-3-13(4-7-22)14-11-21-15-2-1-5-20-18(14)15/h1-2,5,11-13,16-17,21,23H,3-4,6-10,19H2/t12?,16-,17-/m1/s1. The zero-order valence-electron chi connectivity index (χ0n) is 13.5. The first-order valence-corrected chi connectivity index (χ1v) is 8.80. The van der Waals surface area contributed by atoms with Crippen molar-refractivity contribution >= 4 is 11.0 Å². The van der Waals surface area contributed by atoms with E-state index < -0.39 is 0 Å². The smallest absolute Gasteiger partial charge is 0.0913 e. The van der Waals surface area contributed by atoms with E-state index >= 15 is 0 Å². The highest BCUT2D eigenvalue weighted by atomic mass is 16.3. The summed E-state index contributed by atoms with van der Waals surface area (Å²) in [7, 11) is 0. The zero-order valence-corrected chi connectivity index (χ0v) is 13.5. The van der Waals surface area contributed by atoms with Crippen LogP contribution in [0.4, 0.5) is 0 Å². The van der Waals surface area contributed by atoms with Crippen molar-refractivity contribution in [3.63, 3.8) is 0 Å². The molecule has 23 heavy (non-hydrogen) atoms. The van der Waals surface area contributed by atoms with Gasteiger partial charge in [-0.3, -0.25) is 9.88 Å². The summed E-state index contributed by atoms with van der Waals surface area (Å²) in [6.07, 6.45) is 8.00. The second-order valence-corrected chi connectivity index (χ2v) is 7.16. The highest BCUT2D eigenvalue weighted by Gasteiger charge is 2.37. The van der Waals surface area contributed by atoms with E-state index in [-0.39, 0.29) is 6.10 Å². The van der Waals surface area contributed by atoms with Crippen LogP contribution in [0.1, 0.15) is 37.2 Å². The predicted molar refractivity (Wildman–Crippen MR) is 91.2 cm³/mol. The van der Waals surface area contributed by atoms with Crippen molar-refractivity contribution in [3.8, 4) is 0 Å². The molecule has 2 aliphatic rings. The van der Waals surface area contributed by atoms with Crippen LogP contribution in [0.2, 0.25) is 0 Å². The number of piperidine rings is 1. The number of hydrogen-bond donors (Lipinski definition) is 3. The average Bonchev–Trinajstić information content (AvgIpc) is 3.18. The third-order valence-electron chi connectivity index (χ3n) is 5.83. The molecule has 0 bridgehead atoms. The lowest BCUT2D eigenvalue weighted by atomic mass is 9.89. The van der Waals surface area contributed by atoms with Crippen LogP contribution in [-0.4, -0.2) is 51.8 Å². The van der Waals surface area contributed by atoms with Crippen LogP contribution in [0.25, 0.3) is 11.0 Å². The van der Waals surface area contributed by atoms with E-state index in [1.54, 1.807) is 0 Å². The molecule has 0 amide bonds. The van der Waals surface area contributed by atoms with Crippen LogP contribution in [0, 0.1) is 5.92 Å². The monoisotopic (exact) mass is 314 g/mol. The van der Waals surface area contributed by atoms with E-state index in [1.165, 1.54) is 5.56 Å². The van der Waals surface area contributed by atoms with E-state index in [9.17, 15) is 5.11 Å². The Bertz CT molecular complexity index is 662. The minimum atomic E-state index is -0.199. The van der Waals surface area contributed by atoms with E-state index in [0.717, 1.165) is 49.8 Å². The van der Waals surface area contributed by atoms with Gasteiger partial charge in [0.15, 0.2) is 0 Å². The van der Waals surface area contributed by atoms with Gasteiger partial charge in [0.2, 0.25) is 0 Å². The number of nitrogens with two attached hydrogens (primary N) is 1. The van der Waals surface area contributed by atoms with E-state index in [0.29, 0.717) is 24.4 Å². The second-order valence-electron chi connectivity index (χ2n) is 7.16. The summed E-state index contributed by atoms with van der Waals surface area (Å²) in [5.41, 5.74) is 9.39. The molecule has 0 aromatic carbocycles. The number of fused-ring (bicyclic) bond motifs is 1. The Balaban J connectivity index is 1.43. The first-order chi connectivity index (χ1) is 11.3. The summed E-state index contributed by atoms with van der Waals surface area (Å²) < 4.78 is 0. The van der Waals surface area contributed by atoms with E-state index in [2.05, 4.69) is 27.1 Å². The Hall–Kier alpha value is -1.43. The third-order valence-corrected chi connectivity index (χ3v) is 5.83. The van der Waals surface area contributed by atoms with Crippen molar-refractivity contribution in [1.29, 1.82) is 0 Å². The lowest BCUT2D eigenvalue weighted by Crippen LogP contribution is -2.44. The van der Waals surface area contributed by atoms with Crippen molar-refractivity contribution in [2.45, 2.75) is 43.7 Å². The van der Waals surface area contributed by atoms with Gasteiger partial charge in [-0.1, -0.05) is 0 Å². The van der Waals surface area contributed by atoms with E-state index in [1.807, 2.05) is 12.3 Å². The second kappa shape index (κ2) is 6.23. The molecular weight excluding hydrogens is 288 g/mol. The van der Waals surface area contributed by atoms with Gasteiger partial charge in [-0.05, 0) is 74.8 Å². The summed E-state index contributed by atoms with van der Waals surface area (Å²) in [6.45, 7) is 2.82. The molecule has 4 rings (SSSR count). The SMILES string of the molecule is NCC1C[C@@H](O)[C@H](N2CCC(c3c[nH]c4cccnc34)CC2)C1. The molecule has 3 heterocycles. The fraction of sp³-hybridized carbons (Fsp3) is 0.611. The Morgan fingerprint density at radius 2 is 2.13 bits per heavy atom. The Morgan fingerprint density at radius 1 is 1.30 bits per heavy atom. The summed E-state index contributed by atoms with van der Waals surface area (Å²) in [5.74, 6) is 1.06. The average molecular weight is 314 g/mol. The summed E-state index contributed by atoms with van der Waals surface area (Å²) in [4.78, 5) is 10.4. The van der Waals surface area contributed by atoms with Crippen LogP contribution >= 0.6 is 0 Å². The number of aromatic nitrogens is 2. The quantitative estimate of drug-likeness (QED) is 0.808. The summed E-state index contributed by atoms with van der Waals surface area (Å²) >= 11 is 0. The van der Waals surface area contributed by atoms with Crippen LogP contribution in [0.5, 0.6) is 0 Å². The number of aliphatic hydroxyl groups excluding tert-OH is 1. The molecule has 2 fully saturated rings. The van der Waals surface area contributed by atoms with Gasteiger partial charge in [0.25, 0.3) is 0 Å². The topological polar surface area (TPSA) is 78.2 Å². The molecule has 1 saturated carbocycles. The van der Waals surface area contributed by atoms with Gasteiger partial charge in [-0.25, -0.2) is 0 Å². The molecule has 4 N–H and O–H groups in total. The lowest BCUT2D eigenvalue weighted by Gasteiger charge is -2.37. The Kier molecular flexibility index (Phi) is 4.09. The first-order valence-electron chi connectivity index (χ1n) is 8.80. The molecule has 2 aromatic rings. The maximum Gasteiger partial charge on any atom is 0.0913 e. The van der Waals surface area contributed by atoms with Crippen LogP contribution < -0.4 is 5.73 Å². The molecule has 2 aromatic heterocycles. The van der Waals surface area contributed by atoms with Crippen molar-refractivity contribution in [3.05, 3.63) is 30.1 Å². The van der Waals surface area contributed by atoms with Gasteiger partial charge in [-0.2, -0.15) is 0 Å². The van der Waals surface area contributed by atoms with Crippen molar-refractivity contribution in [1.82, 2.24) is 14.9 Å². The zero-order chi connectivity index (χ0) is 15.8. The summed E-state index contributed by atoms with van der Waals surface area (Å²) in [5, 5.41) is 10.3. The van der Waals surface area contributed by atoms with Gasteiger partial charge in [0.05, 0.1) is 17.1 Å². The number of nitrogens with zero attached hydrogens (tertiary/aromatic N) is 2. The number of nitrogens with one attached hydrogen (secondary N) is 1. The number of likely N-dealkylation sites (tertiary alicyclic amines) is 1. The van der Waals surface area contributed by atoms with Crippen molar-refractivity contribution in [2.24, 2.45) is 11.7 Å². The highest BCUT2D eigenvalue weighted by molar-refractivity contribution is 5.79. The van der Waals surface area contributed by atoms with Crippen LogP contribution in [-0.2, 0) is 0 Å². The predicted octanol–water partition coefficient (Wildman–Crippen LogP) is 1.84. The molecule has 0 radical (unpaired) electrons. The minimum absolute atomic E-state index is 0.199. The van der Waals surface area contributed by atoms with Gasteiger partial charge >= 0.3 is 0 Å². The highest BCUT2D eigenvalue weighted by Crippen LogP contribution is 2.36. The molecule has 5 heteroatoms. The Morgan fingerprint density at radius 3 is 2.87 bits per heavy atom. The fourth-order valence-corrected chi connectivity index (χ4v) is 4.51. The van der Waals surface area contributed by atoms with Crippen molar-refractivity contribution < 1.29 is 5.11 Å². The third kappa shape index (κ3) is 2.77.